The number of hydrogen-bond acceptors (Lipinski definition) is 5. The van der Waals surface area contributed by atoms with Crippen molar-refractivity contribution in [2.24, 2.45) is 7.05 Å². The van der Waals surface area contributed by atoms with Gasteiger partial charge in [0.15, 0.2) is 0 Å². The van der Waals surface area contributed by atoms with Crippen LogP contribution >= 0.6 is 11.3 Å². The molecular formula is C15H17F2N3O2S. The maximum Gasteiger partial charge on any atom is 0.342 e. The first-order valence-electron chi connectivity index (χ1n) is 7.50. The van der Waals surface area contributed by atoms with Crippen LogP contribution in [-0.2, 0) is 24.6 Å². The van der Waals surface area contributed by atoms with E-state index in [1.807, 2.05) is 6.92 Å². The molecule has 0 aromatic carbocycles. The number of carbonyl (C=O) groups excluding carboxylic acids is 1. The third kappa shape index (κ3) is 2.99. The van der Waals surface area contributed by atoms with E-state index in [-0.39, 0.29) is 5.56 Å². The van der Waals surface area contributed by atoms with Gasteiger partial charge in [-0.3, -0.25) is 4.68 Å². The fourth-order valence-corrected chi connectivity index (χ4v) is 3.87. The summed E-state index contributed by atoms with van der Waals surface area (Å²) in [5.74, 6) is -0.752. The SMILES string of the molecule is CCc1nc2c(s1)[C@@H](OC(=O)c1cnn(C)c1C(F)F)CCC2. The molecule has 5 nitrogen and oxygen atoms in total. The Hall–Kier alpha value is -1.83. The molecule has 0 saturated heterocycles. The maximum atomic E-state index is 13.1. The van der Waals surface area contributed by atoms with E-state index < -0.39 is 24.2 Å². The first-order chi connectivity index (χ1) is 11.0. The molecule has 0 aliphatic heterocycles. The highest BCUT2D eigenvalue weighted by Gasteiger charge is 2.30. The Bertz CT molecular complexity index is 726. The zero-order valence-electron chi connectivity index (χ0n) is 12.9. The number of rotatable bonds is 4. The molecule has 0 spiro atoms. The number of thiazole rings is 1. The van der Waals surface area contributed by atoms with Gasteiger partial charge in [-0.1, -0.05) is 6.92 Å². The number of ether oxygens (including phenoxy) is 1. The minimum atomic E-state index is -2.78. The second kappa shape index (κ2) is 6.35. The molecule has 1 atom stereocenters. The van der Waals surface area contributed by atoms with Crippen molar-refractivity contribution in [3.05, 3.63) is 33.0 Å². The molecule has 0 saturated carbocycles. The number of carbonyl (C=O) groups is 1. The summed E-state index contributed by atoms with van der Waals surface area (Å²) in [7, 11) is 1.38. The van der Waals surface area contributed by atoms with Crippen LogP contribution in [0.15, 0.2) is 6.20 Å². The molecule has 2 heterocycles. The van der Waals surface area contributed by atoms with Gasteiger partial charge in [0.25, 0.3) is 6.43 Å². The smallest absolute Gasteiger partial charge is 0.342 e. The van der Waals surface area contributed by atoms with E-state index in [2.05, 4.69) is 10.1 Å². The predicted molar refractivity (Wildman–Crippen MR) is 80.8 cm³/mol. The monoisotopic (exact) mass is 341 g/mol. The first-order valence-corrected chi connectivity index (χ1v) is 8.32. The minimum Gasteiger partial charge on any atom is -0.453 e. The van der Waals surface area contributed by atoms with Crippen molar-refractivity contribution >= 4 is 17.3 Å². The van der Waals surface area contributed by atoms with Gasteiger partial charge in [-0.15, -0.1) is 11.3 Å². The van der Waals surface area contributed by atoms with Gasteiger partial charge in [-0.05, 0) is 25.7 Å². The Labute approximate surface area is 136 Å². The normalized spacial score (nSPS) is 17.3. The van der Waals surface area contributed by atoms with E-state index in [0.717, 1.165) is 45.7 Å². The second-order valence-electron chi connectivity index (χ2n) is 5.43. The zero-order valence-corrected chi connectivity index (χ0v) is 13.7. The maximum absolute atomic E-state index is 13.1. The van der Waals surface area contributed by atoms with Gasteiger partial charge < -0.3 is 4.74 Å². The molecule has 0 N–H and O–H groups in total. The van der Waals surface area contributed by atoms with Gasteiger partial charge in [0.1, 0.15) is 17.4 Å². The number of hydrogen-bond donors (Lipinski definition) is 0. The van der Waals surface area contributed by atoms with E-state index in [4.69, 9.17) is 4.74 Å². The molecule has 0 radical (unpaired) electrons. The van der Waals surface area contributed by atoms with Crippen LogP contribution in [0, 0.1) is 0 Å². The van der Waals surface area contributed by atoms with E-state index in [0.29, 0.717) is 6.42 Å². The van der Waals surface area contributed by atoms with Crippen LogP contribution in [0.25, 0.3) is 0 Å². The highest BCUT2D eigenvalue weighted by atomic mass is 32.1. The summed E-state index contributed by atoms with van der Waals surface area (Å²) in [6.07, 6.45) is 1.21. The second-order valence-corrected chi connectivity index (χ2v) is 6.54. The van der Waals surface area contributed by atoms with Crippen LogP contribution in [0.5, 0.6) is 0 Å². The molecule has 3 rings (SSSR count). The molecule has 0 unspecified atom stereocenters. The van der Waals surface area contributed by atoms with Gasteiger partial charge in [-0.25, -0.2) is 18.6 Å². The fraction of sp³-hybridized carbons (Fsp3) is 0.533. The van der Waals surface area contributed by atoms with E-state index >= 15 is 0 Å². The number of fused-ring (bicyclic) bond motifs is 1. The lowest BCUT2D eigenvalue weighted by molar-refractivity contribution is 0.0255. The molecule has 0 bridgehead atoms. The topological polar surface area (TPSA) is 57.0 Å². The van der Waals surface area contributed by atoms with Crippen LogP contribution in [0.1, 0.15) is 63.9 Å². The van der Waals surface area contributed by atoms with Gasteiger partial charge in [0.05, 0.1) is 21.8 Å². The van der Waals surface area contributed by atoms with Crippen LogP contribution in [0.4, 0.5) is 8.78 Å². The number of halogens is 2. The summed E-state index contributed by atoms with van der Waals surface area (Å²) < 4.78 is 32.7. The van der Waals surface area contributed by atoms with E-state index in [1.54, 1.807) is 0 Å². The quantitative estimate of drug-likeness (QED) is 0.797. The lowest BCUT2D eigenvalue weighted by Crippen LogP contribution is -2.17. The predicted octanol–water partition coefficient (Wildman–Crippen LogP) is 3.61. The Kier molecular flexibility index (Phi) is 4.43. The number of aryl methyl sites for hydroxylation is 3. The van der Waals surface area contributed by atoms with Crippen LogP contribution in [0.3, 0.4) is 0 Å². The summed E-state index contributed by atoms with van der Waals surface area (Å²) >= 11 is 1.54. The summed E-state index contributed by atoms with van der Waals surface area (Å²) in [6.45, 7) is 2.02. The molecule has 0 fully saturated rings. The molecular weight excluding hydrogens is 324 g/mol. The minimum absolute atomic E-state index is 0.171. The average molecular weight is 341 g/mol. The summed E-state index contributed by atoms with van der Waals surface area (Å²) in [6, 6.07) is 0. The lowest BCUT2D eigenvalue weighted by atomic mass is 10.0. The summed E-state index contributed by atoms with van der Waals surface area (Å²) in [5, 5.41) is 4.75. The summed E-state index contributed by atoms with van der Waals surface area (Å²) in [4.78, 5) is 17.8. The number of esters is 1. The molecule has 0 amide bonds. The highest BCUT2D eigenvalue weighted by Crippen LogP contribution is 2.37. The van der Waals surface area contributed by atoms with Crippen molar-refractivity contribution in [2.75, 3.05) is 0 Å². The van der Waals surface area contributed by atoms with E-state index in [9.17, 15) is 13.6 Å². The summed E-state index contributed by atoms with van der Waals surface area (Å²) in [5.41, 5.74) is 0.385. The highest BCUT2D eigenvalue weighted by molar-refractivity contribution is 7.11. The number of alkyl halides is 2. The first kappa shape index (κ1) is 16.0. The zero-order chi connectivity index (χ0) is 16.6. The van der Waals surface area contributed by atoms with Crippen LogP contribution in [0.2, 0.25) is 0 Å². The van der Waals surface area contributed by atoms with Crippen molar-refractivity contribution in [2.45, 2.75) is 45.1 Å². The Morgan fingerprint density at radius 1 is 1.57 bits per heavy atom. The molecule has 1 aliphatic rings. The Morgan fingerprint density at radius 3 is 3.04 bits per heavy atom. The van der Waals surface area contributed by atoms with Crippen molar-refractivity contribution in [1.82, 2.24) is 14.8 Å². The largest absolute Gasteiger partial charge is 0.453 e. The van der Waals surface area contributed by atoms with E-state index in [1.165, 1.54) is 18.4 Å². The number of aromatic nitrogens is 3. The standard InChI is InChI=1S/C15H17F2N3O2S/c1-3-11-19-9-5-4-6-10(13(9)23-11)22-15(21)8-7-18-20(2)12(8)14(16)17/h7,10,14H,3-6H2,1-2H3/t10-/m0/s1. The van der Waals surface area contributed by atoms with Crippen molar-refractivity contribution in [3.8, 4) is 0 Å². The van der Waals surface area contributed by atoms with Gasteiger partial charge in [0.2, 0.25) is 0 Å². The van der Waals surface area contributed by atoms with Crippen LogP contribution < -0.4 is 0 Å². The fourth-order valence-electron chi connectivity index (χ4n) is 2.75. The number of nitrogens with zero attached hydrogens (tertiary/aromatic N) is 3. The third-order valence-corrected chi connectivity index (χ3v) is 5.24. The Balaban J connectivity index is 1.83. The van der Waals surface area contributed by atoms with Gasteiger partial charge in [-0.2, -0.15) is 5.10 Å². The molecule has 1 aliphatic carbocycles. The Morgan fingerprint density at radius 2 is 2.35 bits per heavy atom. The molecule has 124 valence electrons. The third-order valence-electron chi connectivity index (χ3n) is 3.91. The molecule has 23 heavy (non-hydrogen) atoms. The molecule has 8 heteroatoms. The van der Waals surface area contributed by atoms with Crippen molar-refractivity contribution in [1.29, 1.82) is 0 Å². The van der Waals surface area contributed by atoms with Gasteiger partial charge >= 0.3 is 5.97 Å². The van der Waals surface area contributed by atoms with Crippen molar-refractivity contribution in [3.63, 3.8) is 0 Å². The molecule has 2 aromatic rings. The molecule has 2 aromatic heterocycles. The van der Waals surface area contributed by atoms with Crippen molar-refractivity contribution < 1.29 is 18.3 Å². The van der Waals surface area contributed by atoms with Gasteiger partial charge in [0, 0.05) is 7.05 Å². The average Bonchev–Trinajstić information content (AvgIpc) is 3.10. The van der Waals surface area contributed by atoms with Crippen LogP contribution in [-0.4, -0.2) is 20.7 Å². The lowest BCUT2D eigenvalue weighted by Gasteiger charge is -2.21.